The monoisotopic (exact) mass is 408 g/mol. The molecule has 1 unspecified atom stereocenters. The van der Waals surface area contributed by atoms with Gasteiger partial charge in [-0.15, -0.1) is 0 Å². The number of hydrogen-bond acceptors (Lipinski definition) is 0. The summed E-state index contributed by atoms with van der Waals surface area (Å²) in [4.78, 5) is -0.424. The molecule has 0 nitrogen and oxygen atoms in total. The van der Waals surface area contributed by atoms with Gasteiger partial charge in [-0.1, -0.05) is 33.6 Å². The lowest BCUT2D eigenvalue weighted by Gasteiger charge is -2.15. The Morgan fingerprint density at radius 2 is 1.74 bits per heavy atom. The SMILES string of the molecule is Cc1cc(Cl)ccc1C(Br)c1cc(F)c(Br)cc1F. The van der Waals surface area contributed by atoms with Gasteiger partial charge in [-0.2, -0.15) is 0 Å². The van der Waals surface area contributed by atoms with Gasteiger partial charge in [0.15, 0.2) is 0 Å². The second kappa shape index (κ2) is 5.90. The smallest absolute Gasteiger partial charge is 0.137 e. The van der Waals surface area contributed by atoms with Crippen LogP contribution in [0.4, 0.5) is 8.78 Å². The van der Waals surface area contributed by atoms with E-state index in [2.05, 4.69) is 31.9 Å². The Hall–Kier alpha value is -0.450. The lowest BCUT2D eigenvalue weighted by Crippen LogP contribution is -2.00. The molecule has 0 fully saturated rings. The Kier molecular flexibility index (Phi) is 4.64. The van der Waals surface area contributed by atoms with Crippen molar-refractivity contribution in [3.8, 4) is 0 Å². The van der Waals surface area contributed by atoms with E-state index in [0.717, 1.165) is 17.2 Å². The van der Waals surface area contributed by atoms with E-state index in [9.17, 15) is 8.78 Å². The Bertz CT molecular complexity index is 629. The van der Waals surface area contributed by atoms with Crippen molar-refractivity contribution in [1.82, 2.24) is 0 Å². The van der Waals surface area contributed by atoms with Crippen LogP contribution >= 0.6 is 43.5 Å². The van der Waals surface area contributed by atoms with Crippen LogP contribution in [0.25, 0.3) is 0 Å². The normalized spacial score (nSPS) is 12.5. The molecule has 2 rings (SSSR count). The molecular weight excluding hydrogens is 401 g/mol. The number of benzene rings is 2. The van der Waals surface area contributed by atoms with Gasteiger partial charge in [0.1, 0.15) is 11.6 Å². The first-order valence-corrected chi connectivity index (χ1v) is 7.53. The summed E-state index contributed by atoms with van der Waals surface area (Å²) in [7, 11) is 0. The fraction of sp³-hybridized carbons (Fsp3) is 0.143. The number of alkyl halides is 1. The van der Waals surface area contributed by atoms with E-state index in [-0.39, 0.29) is 10.0 Å². The second-order valence-corrected chi connectivity index (χ2v) is 6.36. The first-order chi connectivity index (χ1) is 8.90. The summed E-state index contributed by atoms with van der Waals surface area (Å²) in [5.41, 5.74) is 2.02. The van der Waals surface area contributed by atoms with Gasteiger partial charge in [-0.25, -0.2) is 8.78 Å². The summed E-state index contributed by atoms with van der Waals surface area (Å²) < 4.78 is 27.6. The lowest BCUT2D eigenvalue weighted by atomic mass is 10.00. The highest BCUT2D eigenvalue weighted by Gasteiger charge is 2.19. The van der Waals surface area contributed by atoms with Crippen LogP contribution in [-0.2, 0) is 0 Å². The fourth-order valence-electron chi connectivity index (χ4n) is 1.82. The first-order valence-electron chi connectivity index (χ1n) is 5.44. The van der Waals surface area contributed by atoms with Crippen molar-refractivity contribution in [3.05, 3.63) is 68.2 Å². The summed E-state index contributed by atoms with van der Waals surface area (Å²) in [6.45, 7) is 1.88. The molecule has 19 heavy (non-hydrogen) atoms. The maximum atomic E-state index is 13.9. The third kappa shape index (κ3) is 3.18. The Morgan fingerprint density at radius 3 is 2.37 bits per heavy atom. The average molecular weight is 410 g/mol. The molecule has 2 aromatic carbocycles. The molecule has 0 aliphatic carbocycles. The molecule has 0 heterocycles. The van der Waals surface area contributed by atoms with Gasteiger partial charge < -0.3 is 0 Å². The van der Waals surface area contributed by atoms with Crippen molar-refractivity contribution in [1.29, 1.82) is 0 Å². The molecular formula is C14H9Br2ClF2. The lowest BCUT2D eigenvalue weighted by molar-refractivity contribution is 0.583. The average Bonchev–Trinajstić information content (AvgIpc) is 2.33. The highest BCUT2D eigenvalue weighted by Crippen LogP contribution is 2.36. The van der Waals surface area contributed by atoms with Crippen molar-refractivity contribution in [2.45, 2.75) is 11.8 Å². The number of aryl methyl sites for hydroxylation is 1. The topological polar surface area (TPSA) is 0 Å². The zero-order valence-electron chi connectivity index (χ0n) is 9.85. The van der Waals surface area contributed by atoms with Crippen LogP contribution in [0.1, 0.15) is 21.5 Å². The summed E-state index contributed by atoms with van der Waals surface area (Å²) in [6, 6.07) is 7.64. The molecule has 0 spiro atoms. The van der Waals surface area contributed by atoms with E-state index in [1.807, 2.05) is 6.92 Å². The summed E-state index contributed by atoms with van der Waals surface area (Å²) >= 11 is 12.3. The van der Waals surface area contributed by atoms with E-state index >= 15 is 0 Å². The van der Waals surface area contributed by atoms with E-state index in [1.54, 1.807) is 18.2 Å². The maximum absolute atomic E-state index is 13.9. The van der Waals surface area contributed by atoms with Gasteiger partial charge in [0.25, 0.3) is 0 Å². The molecule has 0 amide bonds. The van der Waals surface area contributed by atoms with Crippen LogP contribution in [0.5, 0.6) is 0 Å². The van der Waals surface area contributed by atoms with Crippen molar-refractivity contribution in [2.75, 3.05) is 0 Å². The molecule has 2 aromatic rings. The van der Waals surface area contributed by atoms with Gasteiger partial charge in [-0.3, -0.25) is 0 Å². The van der Waals surface area contributed by atoms with E-state index < -0.39 is 16.5 Å². The van der Waals surface area contributed by atoms with Crippen molar-refractivity contribution < 1.29 is 8.78 Å². The second-order valence-electron chi connectivity index (χ2n) is 4.15. The molecule has 0 saturated carbocycles. The minimum Gasteiger partial charge on any atom is -0.207 e. The molecule has 0 saturated heterocycles. The number of hydrogen-bond donors (Lipinski definition) is 0. The van der Waals surface area contributed by atoms with Crippen LogP contribution in [0.3, 0.4) is 0 Å². The van der Waals surface area contributed by atoms with Gasteiger partial charge in [0, 0.05) is 10.6 Å². The van der Waals surface area contributed by atoms with Crippen molar-refractivity contribution in [3.63, 3.8) is 0 Å². The predicted octanol–water partition coefficient (Wildman–Crippen LogP) is 6.17. The summed E-state index contributed by atoms with van der Waals surface area (Å²) in [5, 5.41) is 0.614. The zero-order chi connectivity index (χ0) is 14.2. The molecule has 5 heteroatoms. The van der Waals surface area contributed by atoms with Crippen LogP contribution in [0, 0.1) is 18.6 Å². The largest absolute Gasteiger partial charge is 0.207 e. The highest BCUT2D eigenvalue weighted by molar-refractivity contribution is 9.10. The third-order valence-electron chi connectivity index (χ3n) is 2.82. The van der Waals surface area contributed by atoms with Crippen molar-refractivity contribution >= 4 is 43.5 Å². The molecule has 0 N–H and O–H groups in total. The predicted molar refractivity (Wildman–Crippen MR) is 81.0 cm³/mol. The molecule has 1 atom stereocenters. The quantitative estimate of drug-likeness (QED) is 0.410. The summed E-state index contributed by atoms with van der Waals surface area (Å²) in [5.74, 6) is -0.961. The van der Waals surface area contributed by atoms with Crippen LogP contribution in [-0.4, -0.2) is 0 Å². The van der Waals surface area contributed by atoms with E-state index in [4.69, 9.17) is 11.6 Å². The minimum atomic E-state index is -0.493. The highest BCUT2D eigenvalue weighted by atomic mass is 79.9. The standard InChI is InChI=1S/C14H9Br2ClF2/c1-7-4-8(17)2-3-9(7)14(16)10-5-13(19)11(15)6-12(10)18/h2-6,14H,1H3. The number of halogens is 5. The molecule has 100 valence electrons. The van der Waals surface area contributed by atoms with Crippen molar-refractivity contribution in [2.24, 2.45) is 0 Å². The number of rotatable bonds is 2. The minimum absolute atomic E-state index is 0.112. The molecule has 0 radical (unpaired) electrons. The first kappa shape index (κ1) is 14.9. The molecule has 0 aliphatic heterocycles. The van der Waals surface area contributed by atoms with Crippen LogP contribution in [0.2, 0.25) is 5.02 Å². The maximum Gasteiger partial charge on any atom is 0.137 e. The van der Waals surface area contributed by atoms with E-state index in [1.165, 1.54) is 6.07 Å². The Morgan fingerprint density at radius 1 is 1.05 bits per heavy atom. The zero-order valence-corrected chi connectivity index (χ0v) is 13.8. The molecule has 0 aliphatic rings. The Labute approximate surface area is 132 Å². The van der Waals surface area contributed by atoms with Crippen LogP contribution in [0.15, 0.2) is 34.8 Å². The fourth-order valence-corrected chi connectivity index (χ4v) is 3.23. The van der Waals surface area contributed by atoms with Gasteiger partial charge in [0.2, 0.25) is 0 Å². The van der Waals surface area contributed by atoms with Gasteiger partial charge >= 0.3 is 0 Å². The van der Waals surface area contributed by atoms with Gasteiger partial charge in [-0.05, 0) is 58.2 Å². The van der Waals surface area contributed by atoms with Gasteiger partial charge in [0.05, 0.1) is 9.30 Å². The Balaban J connectivity index is 2.49. The summed E-state index contributed by atoms with van der Waals surface area (Å²) in [6.07, 6.45) is 0. The molecule has 0 bridgehead atoms. The third-order valence-corrected chi connectivity index (χ3v) is 4.65. The van der Waals surface area contributed by atoms with E-state index in [0.29, 0.717) is 5.02 Å². The molecule has 0 aromatic heterocycles. The van der Waals surface area contributed by atoms with Crippen LogP contribution < -0.4 is 0 Å².